The summed E-state index contributed by atoms with van der Waals surface area (Å²) in [6.45, 7) is 1.88. The molecule has 1 aliphatic rings. The monoisotopic (exact) mass is 458 g/mol. The highest BCUT2D eigenvalue weighted by atomic mass is 16.6. The molecule has 0 fully saturated rings. The minimum Gasteiger partial charge on any atom is -0.493 e. The van der Waals surface area contributed by atoms with Crippen LogP contribution in [0.1, 0.15) is 27.0 Å². The molecule has 1 heterocycles. The van der Waals surface area contributed by atoms with E-state index in [0.29, 0.717) is 22.4 Å². The largest absolute Gasteiger partial charge is 0.493 e. The van der Waals surface area contributed by atoms with Gasteiger partial charge in [0.15, 0.2) is 17.2 Å². The summed E-state index contributed by atoms with van der Waals surface area (Å²) < 4.78 is 16.0. The van der Waals surface area contributed by atoms with E-state index >= 15 is 0 Å². The standard InChI is InChI=1S/C25H18N2O7/c1-15-4-3-5-18(12-15)24(28)33-21-11-6-16(14-22(21)32-2)13-20-25(29)34-23(26-20)17-7-9-19(10-8-17)27(30)31/h3-14H,1-2H3/b20-13-. The molecule has 9 heteroatoms. The van der Waals surface area contributed by atoms with Crippen molar-refractivity contribution in [2.24, 2.45) is 4.99 Å². The van der Waals surface area contributed by atoms with Gasteiger partial charge in [0.05, 0.1) is 17.6 Å². The molecule has 0 unspecified atom stereocenters. The molecule has 3 aromatic carbocycles. The summed E-state index contributed by atoms with van der Waals surface area (Å²) in [4.78, 5) is 39.2. The summed E-state index contributed by atoms with van der Waals surface area (Å²) in [5, 5.41) is 10.8. The average molecular weight is 458 g/mol. The van der Waals surface area contributed by atoms with Crippen LogP contribution >= 0.6 is 0 Å². The molecule has 0 bridgehead atoms. The Morgan fingerprint density at radius 1 is 1.06 bits per heavy atom. The maximum Gasteiger partial charge on any atom is 0.363 e. The molecular weight excluding hydrogens is 440 g/mol. The van der Waals surface area contributed by atoms with Gasteiger partial charge in [-0.05, 0) is 55.0 Å². The summed E-state index contributed by atoms with van der Waals surface area (Å²) in [5.74, 6) is -0.629. The zero-order valence-corrected chi connectivity index (χ0v) is 18.2. The Morgan fingerprint density at radius 3 is 2.50 bits per heavy atom. The Balaban J connectivity index is 1.56. The summed E-state index contributed by atoms with van der Waals surface area (Å²) in [7, 11) is 1.44. The number of hydrogen-bond donors (Lipinski definition) is 0. The number of nitro groups is 1. The normalized spacial score (nSPS) is 13.9. The van der Waals surface area contributed by atoms with Gasteiger partial charge in [-0.2, -0.15) is 0 Å². The van der Waals surface area contributed by atoms with E-state index in [0.717, 1.165) is 5.56 Å². The van der Waals surface area contributed by atoms with Crippen molar-refractivity contribution in [1.29, 1.82) is 0 Å². The van der Waals surface area contributed by atoms with Crippen molar-refractivity contribution in [1.82, 2.24) is 0 Å². The van der Waals surface area contributed by atoms with Gasteiger partial charge in [0.25, 0.3) is 5.69 Å². The van der Waals surface area contributed by atoms with Crippen molar-refractivity contribution in [3.63, 3.8) is 0 Å². The highest BCUT2D eigenvalue weighted by Gasteiger charge is 2.25. The van der Waals surface area contributed by atoms with Gasteiger partial charge in [0.2, 0.25) is 5.90 Å². The fraction of sp³-hybridized carbons (Fsp3) is 0.0800. The van der Waals surface area contributed by atoms with Crippen molar-refractivity contribution in [3.8, 4) is 11.5 Å². The third-order valence-corrected chi connectivity index (χ3v) is 4.89. The number of benzene rings is 3. The van der Waals surface area contributed by atoms with Crippen LogP contribution in [-0.4, -0.2) is 29.9 Å². The second-order valence-electron chi connectivity index (χ2n) is 7.31. The molecule has 9 nitrogen and oxygen atoms in total. The first-order valence-electron chi connectivity index (χ1n) is 10.1. The third-order valence-electron chi connectivity index (χ3n) is 4.89. The van der Waals surface area contributed by atoms with E-state index in [-0.39, 0.29) is 23.0 Å². The molecule has 170 valence electrons. The lowest BCUT2D eigenvalue weighted by molar-refractivity contribution is -0.384. The molecule has 0 saturated heterocycles. The molecule has 0 N–H and O–H groups in total. The predicted molar refractivity (Wildman–Crippen MR) is 123 cm³/mol. The molecule has 0 saturated carbocycles. The zero-order valence-electron chi connectivity index (χ0n) is 18.2. The number of nitro benzene ring substituents is 1. The van der Waals surface area contributed by atoms with Crippen LogP contribution in [-0.2, 0) is 9.53 Å². The van der Waals surface area contributed by atoms with Crippen LogP contribution in [0.4, 0.5) is 5.69 Å². The number of cyclic esters (lactones) is 1. The third kappa shape index (κ3) is 4.83. The van der Waals surface area contributed by atoms with E-state index in [1.165, 1.54) is 37.5 Å². The molecule has 0 radical (unpaired) electrons. The minimum atomic E-state index is -0.665. The van der Waals surface area contributed by atoms with Gasteiger partial charge in [-0.3, -0.25) is 10.1 Å². The lowest BCUT2D eigenvalue weighted by Crippen LogP contribution is -2.09. The first-order chi connectivity index (χ1) is 16.3. The maximum atomic E-state index is 12.5. The zero-order chi connectivity index (χ0) is 24.2. The number of methoxy groups -OCH3 is 1. The number of non-ortho nitro benzene ring substituents is 1. The molecule has 0 amide bonds. The van der Waals surface area contributed by atoms with Gasteiger partial charge in [-0.25, -0.2) is 14.6 Å². The Hall–Kier alpha value is -4.79. The molecule has 3 aromatic rings. The van der Waals surface area contributed by atoms with E-state index < -0.39 is 16.9 Å². The number of rotatable bonds is 6. The number of carbonyl (C=O) groups excluding carboxylic acids is 2. The molecule has 1 aliphatic heterocycles. The fourth-order valence-corrected chi connectivity index (χ4v) is 3.21. The molecule has 0 spiro atoms. The van der Waals surface area contributed by atoms with Crippen LogP contribution in [0.15, 0.2) is 77.4 Å². The predicted octanol–water partition coefficient (Wildman–Crippen LogP) is 4.48. The fourth-order valence-electron chi connectivity index (χ4n) is 3.21. The molecule has 0 aromatic heterocycles. The first-order valence-corrected chi connectivity index (χ1v) is 10.1. The number of aliphatic imine (C=N–C) groups is 1. The van der Waals surface area contributed by atoms with Crippen LogP contribution in [0.25, 0.3) is 6.08 Å². The minimum absolute atomic E-state index is 0.0416. The van der Waals surface area contributed by atoms with Gasteiger partial charge < -0.3 is 14.2 Å². The van der Waals surface area contributed by atoms with Gasteiger partial charge >= 0.3 is 11.9 Å². The summed E-state index contributed by atoms with van der Waals surface area (Å²) in [6.07, 6.45) is 1.50. The summed E-state index contributed by atoms with van der Waals surface area (Å²) >= 11 is 0. The number of hydrogen-bond acceptors (Lipinski definition) is 8. The van der Waals surface area contributed by atoms with E-state index in [1.54, 1.807) is 36.4 Å². The van der Waals surface area contributed by atoms with E-state index in [4.69, 9.17) is 14.2 Å². The Labute approximate surface area is 194 Å². The average Bonchev–Trinajstić information content (AvgIpc) is 3.20. The van der Waals surface area contributed by atoms with E-state index in [2.05, 4.69) is 4.99 Å². The van der Waals surface area contributed by atoms with Gasteiger partial charge in [0.1, 0.15) is 0 Å². The smallest absolute Gasteiger partial charge is 0.363 e. The topological polar surface area (TPSA) is 117 Å². The second-order valence-corrected chi connectivity index (χ2v) is 7.31. The van der Waals surface area contributed by atoms with Gasteiger partial charge in [0, 0.05) is 17.7 Å². The first kappa shape index (κ1) is 22.4. The van der Waals surface area contributed by atoms with Crippen LogP contribution in [0.2, 0.25) is 0 Å². The molecule has 4 rings (SSSR count). The van der Waals surface area contributed by atoms with Crippen LogP contribution < -0.4 is 9.47 Å². The number of carbonyl (C=O) groups is 2. The molecule has 0 aliphatic carbocycles. The quantitative estimate of drug-likeness (QED) is 0.176. The molecular formula is C25H18N2O7. The van der Waals surface area contributed by atoms with Crippen molar-refractivity contribution in [3.05, 3.63) is 105 Å². The number of esters is 2. The Bertz CT molecular complexity index is 1360. The highest BCUT2D eigenvalue weighted by Crippen LogP contribution is 2.30. The van der Waals surface area contributed by atoms with Crippen molar-refractivity contribution in [2.45, 2.75) is 6.92 Å². The van der Waals surface area contributed by atoms with Crippen molar-refractivity contribution in [2.75, 3.05) is 7.11 Å². The summed E-state index contributed by atoms with van der Waals surface area (Å²) in [6, 6.07) is 17.3. The number of ether oxygens (including phenoxy) is 3. The molecule has 0 atom stereocenters. The van der Waals surface area contributed by atoms with Crippen molar-refractivity contribution >= 4 is 29.6 Å². The summed E-state index contributed by atoms with van der Waals surface area (Å²) in [5.41, 5.74) is 2.29. The maximum absolute atomic E-state index is 12.5. The lowest BCUT2D eigenvalue weighted by atomic mass is 10.1. The van der Waals surface area contributed by atoms with Gasteiger partial charge in [-0.1, -0.05) is 23.8 Å². The highest BCUT2D eigenvalue weighted by molar-refractivity contribution is 6.12. The Kier molecular flexibility index (Phi) is 6.18. The molecule has 34 heavy (non-hydrogen) atoms. The van der Waals surface area contributed by atoms with E-state index in [9.17, 15) is 19.7 Å². The number of aryl methyl sites for hydroxylation is 1. The van der Waals surface area contributed by atoms with Crippen molar-refractivity contribution < 1.29 is 28.7 Å². The van der Waals surface area contributed by atoms with Gasteiger partial charge in [-0.15, -0.1) is 0 Å². The van der Waals surface area contributed by atoms with E-state index in [1.807, 2.05) is 13.0 Å². The van der Waals surface area contributed by atoms with Crippen LogP contribution in [0, 0.1) is 17.0 Å². The Morgan fingerprint density at radius 2 is 1.82 bits per heavy atom. The lowest BCUT2D eigenvalue weighted by Gasteiger charge is -2.10. The van der Waals surface area contributed by atoms with Crippen LogP contribution in [0.3, 0.4) is 0 Å². The number of nitrogens with zero attached hydrogens (tertiary/aromatic N) is 2. The van der Waals surface area contributed by atoms with Crippen LogP contribution in [0.5, 0.6) is 11.5 Å². The second kappa shape index (κ2) is 9.37. The SMILES string of the molecule is COc1cc(/C=C2\N=C(c3ccc([N+](=O)[O-])cc3)OC2=O)ccc1OC(=O)c1cccc(C)c1.